The molecule has 0 spiro atoms. The molecule has 1 fully saturated rings. The number of hydrogen-bond acceptors (Lipinski definition) is 4. The third-order valence-electron chi connectivity index (χ3n) is 4.14. The lowest BCUT2D eigenvalue weighted by atomic mass is 10.2. The molecular formula is C17H18ClF3N4. The summed E-state index contributed by atoms with van der Waals surface area (Å²) in [6.07, 6.45) is -0.587. The molecule has 2 aromatic rings. The highest BCUT2D eigenvalue weighted by Crippen LogP contribution is 2.31. The average Bonchev–Trinajstić information content (AvgIpc) is 3.03. The monoisotopic (exact) mass is 370 g/mol. The van der Waals surface area contributed by atoms with Gasteiger partial charge in [0.2, 0.25) is 5.95 Å². The van der Waals surface area contributed by atoms with Crippen molar-refractivity contribution in [2.45, 2.75) is 44.8 Å². The van der Waals surface area contributed by atoms with Crippen LogP contribution in [0, 0.1) is 6.92 Å². The fraction of sp³-hybridized carbons (Fsp3) is 0.412. The zero-order valence-electron chi connectivity index (χ0n) is 13.6. The molecule has 0 atom stereocenters. The van der Waals surface area contributed by atoms with Gasteiger partial charge in [-0.15, -0.1) is 0 Å². The lowest BCUT2D eigenvalue weighted by Gasteiger charge is -2.16. The maximum Gasteiger partial charge on any atom is 0.433 e. The van der Waals surface area contributed by atoms with E-state index in [-0.39, 0.29) is 17.8 Å². The smallest absolute Gasteiger partial charge is 0.351 e. The second kappa shape index (κ2) is 7.07. The van der Waals surface area contributed by atoms with Gasteiger partial charge in [0.25, 0.3) is 0 Å². The van der Waals surface area contributed by atoms with Gasteiger partial charge in [-0.25, -0.2) is 4.98 Å². The summed E-state index contributed by atoms with van der Waals surface area (Å²) in [4.78, 5) is 7.82. The molecule has 1 saturated carbocycles. The van der Waals surface area contributed by atoms with Crippen molar-refractivity contribution in [2.24, 2.45) is 0 Å². The Balaban J connectivity index is 1.89. The molecule has 0 amide bonds. The van der Waals surface area contributed by atoms with E-state index in [2.05, 4.69) is 20.6 Å². The number of nitrogens with one attached hydrogen (secondary N) is 2. The maximum atomic E-state index is 13.2. The molecule has 3 rings (SSSR count). The predicted octanol–water partition coefficient (Wildman–Crippen LogP) is 5.56. The highest BCUT2D eigenvalue weighted by atomic mass is 35.5. The van der Waals surface area contributed by atoms with Gasteiger partial charge in [-0.2, -0.15) is 18.2 Å². The van der Waals surface area contributed by atoms with Crippen molar-refractivity contribution >= 4 is 29.1 Å². The van der Waals surface area contributed by atoms with E-state index in [0.717, 1.165) is 37.3 Å². The molecule has 0 aliphatic heterocycles. The first kappa shape index (κ1) is 17.8. The number of hydrogen-bond donors (Lipinski definition) is 2. The van der Waals surface area contributed by atoms with Gasteiger partial charge in [-0.05, 0) is 43.5 Å². The Bertz CT molecular complexity index is 758. The summed E-state index contributed by atoms with van der Waals surface area (Å²) in [5, 5.41) is 6.51. The summed E-state index contributed by atoms with van der Waals surface area (Å²) in [5.41, 5.74) is 0.456. The SMILES string of the molecule is Cc1cc(Nc2cc(C(F)(F)F)nc(NC3CCCC3)n2)ccc1Cl. The van der Waals surface area contributed by atoms with Crippen molar-refractivity contribution in [2.75, 3.05) is 10.6 Å². The fourth-order valence-corrected chi connectivity index (χ4v) is 2.96. The first-order valence-corrected chi connectivity index (χ1v) is 8.45. The number of anilines is 3. The molecule has 4 nitrogen and oxygen atoms in total. The molecule has 134 valence electrons. The molecule has 1 aromatic carbocycles. The van der Waals surface area contributed by atoms with E-state index in [1.165, 1.54) is 0 Å². The Labute approximate surface area is 148 Å². The second-order valence-electron chi connectivity index (χ2n) is 6.17. The van der Waals surface area contributed by atoms with Crippen LogP contribution in [0.25, 0.3) is 0 Å². The lowest BCUT2D eigenvalue weighted by molar-refractivity contribution is -0.141. The third-order valence-corrected chi connectivity index (χ3v) is 4.56. The van der Waals surface area contributed by atoms with Crippen LogP contribution in [0.15, 0.2) is 24.3 Å². The fourth-order valence-electron chi connectivity index (χ4n) is 2.84. The van der Waals surface area contributed by atoms with Gasteiger partial charge in [0.15, 0.2) is 5.69 Å². The van der Waals surface area contributed by atoms with Crippen molar-refractivity contribution in [1.29, 1.82) is 0 Å². The first-order chi connectivity index (χ1) is 11.8. The van der Waals surface area contributed by atoms with Crippen molar-refractivity contribution in [3.63, 3.8) is 0 Å². The number of halogens is 4. The Morgan fingerprint density at radius 1 is 1.12 bits per heavy atom. The van der Waals surface area contributed by atoms with E-state index >= 15 is 0 Å². The number of benzene rings is 1. The van der Waals surface area contributed by atoms with E-state index in [1.807, 2.05) is 6.92 Å². The molecule has 8 heteroatoms. The van der Waals surface area contributed by atoms with Crippen LogP contribution in [-0.2, 0) is 6.18 Å². The van der Waals surface area contributed by atoms with Gasteiger partial charge < -0.3 is 10.6 Å². The van der Waals surface area contributed by atoms with E-state index in [1.54, 1.807) is 18.2 Å². The quantitative estimate of drug-likeness (QED) is 0.740. The van der Waals surface area contributed by atoms with Crippen molar-refractivity contribution in [3.05, 3.63) is 40.5 Å². The van der Waals surface area contributed by atoms with Crippen LogP contribution in [0.2, 0.25) is 5.02 Å². The van der Waals surface area contributed by atoms with Gasteiger partial charge in [-0.3, -0.25) is 0 Å². The summed E-state index contributed by atoms with van der Waals surface area (Å²) in [5.74, 6) is 0.0828. The van der Waals surface area contributed by atoms with E-state index in [4.69, 9.17) is 11.6 Å². The van der Waals surface area contributed by atoms with Crippen LogP contribution in [0.3, 0.4) is 0 Å². The summed E-state index contributed by atoms with van der Waals surface area (Å²) in [6.45, 7) is 1.82. The molecule has 0 saturated heterocycles. The molecule has 25 heavy (non-hydrogen) atoms. The van der Waals surface area contributed by atoms with Crippen molar-refractivity contribution < 1.29 is 13.2 Å². The van der Waals surface area contributed by atoms with Gasteiger partial charge in [-0.1, -0.05) is 24.4 Å². The minimum atomic E-state index is -4.54. The molecule has 1 aliphatic carbocycles. The zero-order chi connectivity index (χ0) is 18.0. The number of aromatic nitrogens is 2. The summed E-state index contributed by atoms with van der Waals surface area (Å²) in [7, 11) is 0. The number of rotatable bonds is 4. The lowest BCUT2D eigenvalue weighted by Crippen LogP contribution is -2.19. The van der Waals surface area contributed by atoms with Crippen LogP contribution in [0.4, 0.5) is 30.6 Å². The Morgan fingerprint density at radius 3 is 2.48 bits per heavy atom. The van der Waals surface area contributed by atoms with E-state index in [0.29, 0.717) is 10.7 Å². The Hall–Kier alpha value is -2.02. The Morgan fingerprint density at radius 2 is 1.84 bits per heavy atom. The van der Waals surface area contributed by atoms with Gasteiger partial charge >= 0.3 is 6.18 Å². The van der Waals surface area contributed by atoms with Gasteiger partial charge in [0.05, 0.1) is 0 Å². The molecule has 1 aromatic heterocycles. The van der Waals surface area contributed by atoms with Crippen LogP contribution < -0.4 is 10.6 Å². The van der Waals surface area contributed by atoms with E-state index < -0.39 is 11.9 Å². The number of aryl methyl sites for hydroxylation is 1. The van der Waals surface area contributed by atoms with Gasteiger partial charge in [0, 0.05) is 22.8 Å². The maximum absolute atomic E-state index is 13.2. The first-order valence-electron chi connectivity index (χ1n) is 8.07. The molecule has 0 radical (unpaired) electrons. The highest BCUT2D eigenvalue weighted by molar-refractivity contribution is 6.31. The summed E-state index contributed by atoms with van der Waals surface area (Å²) >= 11 is 5.98. The topological polar surface area (TPSA) is 49.8 Å². The van der Waals surface area contributed by atoms with Crippen LogP contribution >= 0.6 is 11.6 Å². The van der Waals surface area contributed by atoms with Crippen LogP contribution in [0.1, 0.15) is 36.9 Å². The third kappa shape index (κ3) is 4.54. The van der Waals surface area contributed by atoms with Crippen LogP contribution in [-0.4, -0.2) is 16.0 Å². The summed E-state index contributed by atoms with van der Waals surface area (Å²) < 4.78 is 39.5. The molecule has 0 unspecified atom stereocenters. The average molecular weight is 371 g/mol. The molecular weight excluding hydrogens is 353 g/mol. The summed E-state index contributed by atoms with van der Waals surface area (Å²) in [6, 6.07) is 6.15. The largest absolute Gasteiger partial charge is 0.433 e. The second-order valence-corrected chi connectivity index (χ2v) is 6.58. The highest BCUT2D eigenvalue weighted by Gasteiger charge is 2.34. The predicted molar refractivity (Wildman–Crippen MR) is 92.4 cm³/mol. The van der Waals surface area contributed by atoms with Crippen molar-refractivity contribution in [1.82, 2.24) is 9.97 Å². The zero-order valence-corrected chi connectivity index (χ0v) is 14.4. The van der Waals surface area contributed by atoms with Crippen LogP contribution in [0.5, 0.6) is 0 Å². The molecule has 0 bridgehead atoms. The molecule has 1 aliphatic rings. The minimum Gasteiger partial charge on any atom is -0.351 e. The Kier molecular flexibility index (Phi) is 5.03. The number of alkyl halides is 3. The van der Waals surface area contributed by atoms with Crippen molar-refractivity contribution in [3.8, 4) is 0 Å². The minimum absolute atomic E-state index is 0.00471. The standard InChI is InChI=1S/C17H18ClF3N4/c1-10-8-12(6-7-13(10)18)22-15-9-14(17(19,20)21)24-16(25-15)23-11-4-2-3-5-11/h6-9,11H,2-5H2,1H3,(H2,22,23,24,25). The number of nitrogens with zero attached hydrogens (tertiary/aromatic N) is 2. The normalized spacial score (nSPS) is 15.4. The molecule has 2 N–H and O–H groups in total. The van der Waals surface area contributed by atoms with Gasteiger partial charge in [0.1, 0.15) is 5.82 Å². The molecule has 1 heterocycles. The van der Waals surface area contributed by atoms with E-state index in [9.17, 15) is 13.2 Å².